The van der Waals surface area contributed by atoms with Gasteiger partial charge in [-0.15, -0.1) is 0 Å². The van der Waals surface area contributed by atoms with Crippen LogP contribution in [-0.2, 0) is 16.7 Å². The Bertz CT molecular complexity index is 1340. The zero-order valence-electron chi connectivity index (χ0n) is 18.1. The molecule has 3 aromatic heterocycles. The first kappa shape index (κ1) is 21.9. The number of alkyl halides is 3. The first-order valence-electron chi connectivity index (χ1n) is 10.6. The first-order valence-corrected chi connectivity index (χ1v) is 10.6. The number of carbonyl (C=O) groups is 1. The number of likely N-dealkylation sites (tertiary alicyclic amines) is 1. The average Bonchev–Trinajstić information content (AvgIpc) is 3.48. The van der Waals surface area contributed by atoms with Crippen molar-refractivity contribution in [2.75, 3.05) is 6.54 Å². The van der Waals surface area contributed by atoms with Crippen molar-refractivity contribution < 1.29 is 22.7 Å². The van der Waals surface area contributed by atoms with Crippen molar-refractivity contribution in [3.05, 3.63) is 66.0 Å². The minimum atomic E-state index is -4.63. The quantitative estimate of drug-likeness (QED) is 0.414. The molecule has 1 amide bonds. The van der Waals surface area contributed by atoms with Crippen molar-refractivity contribution in [1.82, 2.24) is 34.3 Å². The summed E-state index contributed by atoms with van der Waals surface area (Å²) in [7, 11) is 0. The maximum absolute atomic E-state index is 13.6. The molecule has 1 unspecified atom stereocenters. The van der Waals surface area contributed by atoms with Crippen molar-refractivity contribution in [2.45, 2.75) is 38.1 Å². The number of amides is 1. The van der Waals surface area contributed by atoms with E-state index in [2.05, 4.69) is 20.2 Å². The number of carbonyl (C=O) groups excluding carboxylic acids is 1. The number of rotatable bonds is 5. The zero-order valence-corrected chi connectivity index (χ0v) is 18.1. The summed E-state index contributed by atoms with van der Waals surface area (Å²) in [5, 5.41) is 8.42. The summed E-state index contributed by atoms with van der Waals surface area (Å²) in [5.74, 6) is -0.113. The Morgan fingerprint density at radius 3 is 2.65 bits per heavy atom. The van der Waals surface area contributed by atoms with E-state index in [-0.39, 0.29) is 11.5 Å². The number of aryl methyl sites for hydroxylation is 1. The van der Waals surface area contributed by atoms with Crippen molar-refractivity contribution in [3.8, 4) is 11.6 Å². The lowest BCUT2D eigenvalue weighted by Gasteiger charge is -2.45. The molecule has 0 bridgehead atoms. The van der Waals surface area contributed by atoms with Gasteiger partial charge >= 0.3 is 6.18 Å². The van der Waals surface area contributed by atoms with Gasteiger partial charge in [0.1, 0.15) is 5.69 Å². The maximum atomic E-state index is 13.6. The van der Waals surface area contributed by atoms with Crippen LogP contribution in [-0.4, -0.2) is 47.2 Å². The lowest BCUT2D eigenvalue weighted by molar-refractivity contribution is -0.151. The fourth-order valence-electron chi connectivity index (χ4n) is 4.40. The molecule has 0 N–H and O–H groups in total. The highest BCUT2D eigenvalue weighted by molar-refractivity contribution is 5.56. The number of hydrogen-bond donors (Lipinski definition) is 0. The smallest absolute Gasteiger partial charge is 0.433 e. The molecule has 176 valence electrons. The third kappa shape index (κ3) is 3.55. The van der Waals surface area contributed by atoms with Crippen LogP contribution in [0.1, 0.15) is 36.2 Å². The minimum absolute atomic E-state index is 0.0854. The molecule has 1 aliphatic rings. The molecule has 0 radical (unpaired) electrons. The first-order chi connectivity index (χ1) is 16.3. The van der Waals surface area contributed by atoms with Gasteiger partial charge in [0.2, 0.25) is 17.8 Å². The number of ether oxygens (including phenoxy) is 1. The second kappa shape index (κ2) is 8.12. The molecular formula is C22H20F3N7O2. The Labute approximate surface area is 191 Å². The van der Waals surface area contributed by atoms with Gasteiger partial charge in [-0.2, -0.15) is 28.2 Å². The fraction of sp³-hybridized carbons (Fsp3) is 0.318. The molecular weight excluding hydrogens is 451 g/mol. The number of piperidine rings is 1. The highest BCUT2D eigenvalue weighted by Gasteiger charge is 2.46. The fourth-order valence-corrected chi connectivity index (χ4v) is 4.40. The number of fused-ring (bicyclic) bond motifs is 1. The average molecular weight is 471 g/mol. The van der Waals surface area contributed by atoms with Crippen molar-refractivity contribution in [3.63, 3.8) is 0 Å². The molecule has 1 aromatic carbocycles. The summed E-state index contributed by atoms with van der Waals surface area (Å²) in [6, 6.07) is 7.17. The molecule has 0 aliphatic carbocycles. The van der Waals surface area contributed by atoms with Crippen LogP contribution in [0.25, 0.3) is 11.3 Å². The lowest BCUT2D eigenvalue weighted by Crippen LogP contribution is -2.53. The molecule has 34 heavy (non-hydrogen) atoms. The Morgan fingerprint density at radius 2 is 1.91 bits per heavy atom. The Hall–Kier alpha value is -3.96. The Morgan fingerprint density at radius 1 is 1.15 bits per heavy atom. The van der Waals surface area contributed by atoms with Crippen LogP contribution in [0.5, 0.6) is 5.88 Å². The van der Waals surface area contributed by atoms with E-state index in [1.165, 1.54) is 28.3 Å². The number of hydrogen-bond acceptors (Lipinski definition) is 6. The molecule has 1 fully saturated rings. The summed E-state index contributed by atoms with van der Waals surface area (Å²) in [6.45, 7) is 1.98. The number of halogens is 3. The van der Waals surface area contributed by atoms with Gasteiger partial charge in [-0.05, 0) is 25.8 Å². The summed E-state index contributed by atoms with van der Waals surface area (Å²) in [4.78, 5) is 23.4. The predicted molar refractivity (Wildman–Crippen MR) is 113 cm³/mol. The van der Waals surface area contributed by atoms with Gasteiger partial charge in [-0.3, -0.25) is 9.20 Å². The van der Waals surface area contributed by atoms with Crippen LogP contribution in [0.3, 0.4) is 0 Å². The number of aromatic nitrogens is 6. The summed E-state index contributed by atoms with van der Waals surface area (Å²) in [5.41, 5.74) is -0.879. The SMILES string of the molecule is Cc1cn2c(C(F)(F)F)cnc(OC3(c4ccccc4-n4nccn4)CCCCN3C=O)c2n1. The number of imidazole rings is 1. The molecule has 4 aromatic rings. The van der Waals surface area contributed by atoms with Crippen molar-refractivity contribution in [1.29, 1.82) is 0 Å². The van der Waals surface area contributed by atoms with Gasteiger partial charge in [-0.1, -0.05) is 18.2 Å². The van der Waals surface area contributed by atoms with E-state index in [4.69, 9.17) is 4.74 Å². The second-order valence-corrected chi connectivity index (χ2v) is 8.00. The third-order valence-corrected chi connectivity index (χ3v) is 5.85. The molecule has 4 heterocycles. The van der Waals surface area contributed by atoms with E-state index in [0.717, 1.165) is 17.2 Å². The monoisotopic (exact) mass is 471 g/mol. The van der Waals surface area contributed by atoms with Crippen LogP contribution < -0.4 is 4.74 Å². The van der Waals surface area contributed by atoms with Gasteiger partial charge in [-0.25, -0.2) is 9.97 Å². The Kier molecular flexibility index (Phi) is 5.22. The largest absolute Gasteiger partial charge is 0.444 e. The van der Waals surface area contributed by atoms with E-state index in [1.54, 1.807) is 31.2 Å². The molecule has 5 rings (SSSR count). The van der Waals surface area contributed by atoms with Crippen molar-refractivity contribution in [2.24, 2.45) is 0 Å². The van der Waals surface area contributed by atoms with Gasteiger partial charge in [0.25, 0.3) is 5.88 Å². The standard InChI is InChI=1S/C22H20F3N7O2/c1-15-13-31-18(22(23,24)25)12-26-20(19(31)29-15)34-21(8-4-5-11-30(21)14-33)16-6-2-3-7-17(16)32-27-9-10-28-32/h2-3,6-7,9-10,12-14H,4-5,8,11H2,1H3. The summed E-state index contributed by atoms with van der Waals surface area (Å²) < 4.78 is 48.1. The molecule has 0 spiro atoms. The molecule has 0 saturated carbocycles. The van der Waals surface area contributed by atoms with Gasteiger partial charge < -0.3 is 9.64 Å². The van der Waals surface area contributed by atoms with Gasteiger partial charge in [0, 0.05) is 24.7 Å². The number of nitrogens with zero attached hydrogens (tertiary/aromatic N) is 7. The zero-order chi connectivity index (χ0) is 23.9. The van der Waals surface area contributed by atoms with Crippen LogP contribution in [0.2, 0.25) is 0 Å². The van der Waals surface area contributed by atoms with E-state index in [0.29, 0.717) is 42.5 Å². The topological polar surface area (TPSA) is 90.4 Å². The molecule has 9 nitrogen and oxygen atoms in total. The van der Waals surface area contributed by atoms with Crippen LogP contribution in [0, 0.1) is 6.92 Å². The van der Waals surface area contributed by atoms with Crippen LogP contribution >= 0.6 is 0 Å². The van der Waals surface area contributed by atoms with Gasteiger partial charge in [0.05, 0.1) is 30.0 Å². The van der Waals surface area contributed by atoms with Crippen LogP contribution in [0.15, 0.2) is 49.1 Å². The molecule has 12 heteroatoms. The lowest BCUT2D eigenvalue weighted by atomic mass is 9.90. The third-order valence-electron chi connectivity index (χ3n) is 5.85. The highest BCUT2D eigenvalue weighted by Crippen LogP contribution is 2.42. The van der Waals surface area contributed by atoms with E-state index in [9.17, 15) is 18.0 Å². The van der Waals surface area contributed by atoms with Crippen molar-refractivity contribution >= 4 is 12.1 Å². The number of para-hydroxylation sites is 1. The predicted octanol–water partition coefficient (Wildman–Crippen LogP) is 3.51. The summed E-state index contributed by atoms with van der Waals surface area (Å²) in [6.07, 6.45) is 2.95. The normalized spacial score (nSPS) is 18.9. The number of benzene rings is 1. The maximum Gasteiger partial charge on any atom is 0.433 e. The molecule has 1 aliphatic heterocycles. The molecule has 1 atom stereocenters. The van der Waals surface area contributed by atoms with E-state index in [1.807, 2.05) is 0 Å². The Balaban J connectivity index is 1.72. The second-order valence-electron chi connectivity index (χ2n) is 8.00. The molecule has 1 saturated heterocycles. The van der Waals surface area contributed by atoms with E-state index >= 15 is 0 Å². The van der Waals surface area contributed by atoms with Gasteiger partial charge in [0.15, 0.2) is 0 Å². The summed E-state index contributed by atoms with van der Waals surface area (Å²) >= 11 is 0. The van der Waals surface area contributed by atoms with Crippen LogP contribution in [0.4, 0.5) is 13.2 Å². The highest BCUT2D eigenvalue weighted by atomic mass is 19.4. The minimum Gasteiger partial charge on any atom is -0.444 e. The van der Waals surface area contributed by atoms with E-state index < -0.39 is 17.6 Å².